The highest BCUT2D eigenvalue weighted by molar-refractivity contribution is 6.30. The second kappa shape index (κ2) is 7.84. The Bertz CT molecular complexity index is 952. The molecule has 3 rings (SSSR count). The van der Waals surface area contributed by atoms with Crippen LogP contribution in [0.15, 0.2) is 54.6 Å². The molecule has 0 aliphatic rings. The van der Waals surface area contributed by atoms with E-state index in [-0.39, 0.29) is 17.9 Å². The van der Waals surface area contributed by atoms with Crippen molar-refractivity contribution >= 4 is 29.2 Å². The Hall–Kier alpha value is -3.12. The summed E-state index contributed by atoms with van der Waals surface area (Å²) >= 11 is 5.98. The number of hydrogen-bond donors (Lipinski definition) is 2. The summed E-state index contributed by atoms with van der Waals surface area (Å²) in [6.45, 7) is 1.98. The number of nitrogens with one attached hydrogen (secondary N) is 2. The number of nitrogens with zero attached hydrogens (tertiary/aromatic N) is 1. The number of H-pyrrole nitrogens is 1. The van der Waals surface area contributed by atoms with E-state index in [1.54, 1.807) is 49.4 Å². The van der Waals surface area contributed by atoms with E-state index in [4.69, 9.17) is 16.3 Å². The second-order valence-corrected chi connectivity index (χ2v) is 5.83. The zero-order valence-electron chi connectivity index (χ0n) is 14.0. The number of carbonyl (C=O) groups excluding carboxylic acids is 2. The minimum Gasteiger partial charge on any atom is -0.462 e. The van der Waals surface area contributed by atoms with E-state index in [0.29, 0.717) is 16.4 Å². The van der Waals surface area contributed by atoms with Crippen LogP contribution in [0.3, 0.4) is 0 Å². The van der Waals surface area contributed by atoms with Crippen molar-refractivity contribution in [1.82, 2.24) is 10.2 Å². The quantitative estimate of drug-likeness (QED) is 0.661. The molecule has 1 amide bonds. The maximum atomic E-state index is 12.5. The monoisotopic (exact) mass is 369 g/mol. The second-order valence-electron chi connectivity index (χ2n) is 5.40. The fourth-order valence-corrected chi connectivity index (χ4v) is 2.59. The molecule has 6 nitrogen and oxygen atoms in total. The van der Waals surface area contributed by atoms with Crippen LogP contribution < -0.4 is 5.32 Å². The standard InChI is InChI=1S/C19H16ClN3O3/c1-2-26-19(25)14-8-3-4-9-15(14)21-18(24)17-11-16(22-23-17)12-6-5-7-13(20)10-12/h3-11H,2H2,1H3,(H,21,24)(H,22,23). The molecule has 3 aromatic rings. The molecule has 0 spiro atoms. The van der Waals surface area contributed by atoms with Crippen LogP contribution in [0.4, 0.5) is 5.69 Å². The third-order valence-corrected chi connectivity index (χ3v) is 3.85. The van der Waals surface area contributed by atoms with Gasteiger partial charge in [0.1, 0.15) is 5.69 Å². The molecule has 1 aromatic heterocycles. The number of aromatic amines is 1. The predicted octanol–water partition coefficient (Wildman–Crippen LogP) is 4.16. The Morgan fingerprint density at radius 1 is 1.15 bits per heavy atom. The third kappa shape index (κ3) is 3.92. The number of halogens is 1. The Labute approximate surface area is 155 Å². The number of para-hydroxylation sites is 1. The van der Waals surface area contributed by atoms with Crippen LogP contribution in [0.2, 0.25) is 5.02 Å². The maximum Gasteiger partial charge on any atom is 0.340 e. The molecule has 0 unspecified atom stereocenters. The van der Waals surface area contributed by atoms with Crippen molar-refractivity contribution < 1.29 is 14.3 Å². The molecule has 1 heterocycles. The van der Waals surface area contributed by atoms with Gasteiger partial charge in [0, 0.05) is 10.6 Å². The van der Waals surface area contributed by atoms with Gasteiger partial charge in [-0.1, -0.05) is 35.9 Å². The summed E-state index contributed by atoms with van der Waals surface area (Å²) in [5, 5.41) is 10.1. The summed E-state index contributed by atoms with van der Waals surface area (Å²) in [4.78, 5) is 24.5. The lowest BCUT2D eigenvalue weighted by Crippen LogP contribution is -2.16. The van der Waals surface area contributed by atoms with Crippen molar-refractivity contribution in [3.63, 3.8) is 0 Å². The zero-order valence-corrected chi connectivity index (χ0v) is 14.7. The first-order valence-electron chi connectivity index (χ1n) is 7.97. The molecule has 0 atom stereocenters. The van der Waals surface area contributed by atoms with E-state index in [1.165, 1.54) is 0 Å². The van der Waals surface area contributed by atoms with E-state index in [2.05, 4.69) is 15.5 Å². The van der Waals surface area contributed by atoms with Crippen molar-refractivity contribution in [1.29, 1.82) is 0 Å². The molecule has 132 valence electrons. The summed E-state index contributed by atoms with van der Waals surface area (Å²) in [7, 11) is 0. The largest absolute Gasteiger partial charge is 0.462 e. The van der Waals surface area contributed by atoms with Crippen molar-refractivity contribution in [3.05, 3.63) is 70.9 Å². The van der Waals surface area contributed by atoms with Crippen LogP contribution in [0.5, 0.6) is 0 Å². The lowest BCUT2D eigenvalue weighted by atomic mass is 10.1. The third-order valence-electron chi connectivity index (χ3n) is 3.61. The zero-order chi connectivity index (χ0) is 18.5. The van der Waals surface area contributed by atoms with E-state index in [0.717, 1.165) is 5.56 Å². The summed E-state index contributed by atoms with van der Waals surface area (Å²) in [6.07, 6.45) is 0. The minimum atomic E-state index is -0.493. The Balaban J connectivity index is 1.81. The lowest BCUT2D eigenvalue weighted by molar-refractivity contribution is 0.0527. The highest BCUT2D eigenvalue weighted by atomic mass is 35.5. The molecule has 0 fully saturated rings. The van der Waals surface area contributed by atoms with E-state index >= 15 is 0 Å². The van der Waals surface area contributed by atoms with E-state index in [1.807, 2.05) is 12.1 Å². The molecule has 26 heavy (non-hydrogen) atoms. The maximum absolute atomic E-state index is 12.5. The van der Waals surface area contributed by atoms with Gasteiger partial charge >= 0.3 is 5.97 Å². The van der Waals surface area contributed by atoms with Gasteiger partial charge in [0.05, 0.1) is 23.6 Å². The summed E-state index contributed by atoms with van der Waals surface area (Å²) in [5.74, 6) is -0.907. The molecule has 7 heteroatoms. The number of esters is 1. The van der Waals surface area contributed by atoms with Crippen LogP contribution in [0.1, 0.15) is 27.8 Å². The van der Waals surface area contributed by atoms with Gasteiger partial charge in [0.2, 0.25) is 0 Å². The van der Waals surface area contributed by atoms with Gasteiger partial charge in [-0.05, 0) is 37.3 Å². The normalized spacial score (nSPS) is 10.4. The number of rotatable bonds is 5. The van der Waals surface area contributed by atoms with Gasteiger partial charge in [0.15, 0.2) is 0 Å². The summed E-state index contributed by atoms with van der Waals surface area (Å²) in [6, 6.07) is 15.5. The van der Waals surface area contributed by atoms with Gasteiger partial charge in [-0.3, -0.25) is 9.89 Å². The highest BCUT2D eigenvalue weighted by Gasteiger charge is 2.16. The summed E-state index contributed by atoms with van der Waals surface area (Å²) in [5.41, 5.74) is 2.31. The fourth-order valence-electron chi connectivity index (χ4n) is 2.40. The number of anilines is 1. The average molecular weight is 370 g/mol. The number of ether oxygens (including phenoxy) is 1. The topological polar surface area (TPSA) is 84.1 Å². The van der Waals surface area contributed by atoms with Crippen LogP contribution in [0, 0.1) is 0 Å². The number of aromatic nitrogens is 2. The molecule has 0 bridgehead atoms. The van der Waals surface area contributed by atoms with Crippen molar-refractivity contribution in [2.75, 3.05) is 11.9 Å². The smallest absolute Gasteiger partial charge is 0.340 e. The number of amides is 1. The van der Waals surface area contributed by atoms with Crippen LogP contribution >= 0.6 is 11.6 Å². The van der Waals surface area contributed by atoms with Gasteiger partial charge < -0.3 is 10.1 Å². The lowest BCUT2D eigenvalue weighted by Gasteiger charge is -2.09. The molecule has 2 aromatic carbocycles. The van der Waals surface area contributed by atoms with Gasteiger partial charge in [-0.15, -0.1) is 0 Å². The molecule has 0 aliphatic carbocycles. The first-order chi connectivity index (χ1) is 12.6. The Morgan fingerprint density at radius 3 is 2.73 bits per heavy atom. The number of carbonyl (C=O) groups is 2. The highest BCUT2D eigenvalue weighted by Crippen LogP contribution is 2.22. The van der Waals surface area contributed by atoms with Crippen LogP contribution in [-0.4, -0.2) is 28.7 Å². The molecule has 0 saturated heterocycles. The Morgan fingerprint density at radius 2 is 1.96 bits per heavy atom. The molecular formula is C19H16ClN3O3. The van der Waals surface area contributed by atoms with Crippen molar-refractivity contribution in [3.8, 4) is 11.3 Å². The van der Waals surface area contributed by atoms with E-state index in [9.17, 15) is 9.59 Å². The summed E-state index contributed by atoms with van der Waals surface area (Å²) < 4.78 is 5.01. The molecular weight excluding hydrogens is 354 g/mol. The van der Waals surface area contributed by atoms with Crippen LogP contribution in [-0.2, 0) is 4.74 Å². The van der Waals surface area contributed by atoms with Gasteiger partial charge in [-0.25, -0.2) is 4.79 Å². The first-order valence-corrected chi connectivity index (χ1v) is 8.35. The fraction of sp³-hybridized carbons (Fsp3) is 0.105. The van der Waals surface area contributed by atoms with Gasteiger partial charge in [0.25, 0.3) is 5.91 Å². The van der Waals surface area contributed by atoms with E-state index < -0.39 is 11.9 Å². The van der Waals surface area contributed by atoms with Gasteiger partial charge in [-0.2, -0.15) is 5.10 Å². The van der Waals surface area contributed by atoms with Crippen molar-refractivity contribution in [2.45, 2.75) is 6.92 Å². The van der Waals surface area contributed by atoms with Crippen molar-refractivity contribution in [2.24, 2.45) is 0 Å². The minimum absolute atomic E-state index is 0.255. The molecule has 0 radical (unpaired) electrons. The van der Waals surface area contributed by atoms with Crippen LogP contribution in [0.25, 0.3) is 11.3 Å². The SMILES string of the molecule is CCOC(=O)c1ccccc1NC(=O)c1cc(-c2cccc(Cl)c2)n[nH]1. The number of hydrogen-bond acceptors (Lipinski definition) is 4. The predicted molar refractivity (Wildman–Crippen MR) is 99.4 cm³/mol. The molecule has 0 saturated carbocycles. The first kappa shape index (κ1) is 17.7. The molecule has 2 N–H and O–H groups in total. The number of benzene rings is 2. The Kier molecular flexibility index (Phi) is 5.34. The average Bonchev–Trinajstić information content (AvgIpc) is 3.13. The molecule has 0 aliphatic heterocycles.